The first-order valence-corrected chi connectivity index (χ1v) is 13.2. The van der Waals surface area contributed by atoms with Crippen molar-refractivity contribution in [2.75, 3.05) is 19.6 Å². The summed E-state index contributed by atoms with van der Waals surface area (Å²) in [6.45, 7) is 3.56. The second kappa shape index (κ2) is 9.75. The van der Waals surface area contributed by atoms with Gasteiger partial charge in [0.15, 0.2) is 0 Å². The fraction of sp³-hybridized carbons (Fsp3) is 0.500. The molecule has 1 saturated heterocycles. The summed E-state index contributed by atoms with van der Waals surface area (Å²) in [7, 11) is -3.49. The van der Waals surface area contributed by atoms with E-state index in [4.69, 9.17) is 0 Å². The van der Waals surface area contributed by atoms with E-state index in [0.29, 0.717) is 37.4 Å². The van der Waals surface area contributed by atoms with E-state index in [1.807, 2.05) is 6.07 Å². The van der Waals surface area contributed by atoms with Gasteiger partial charge in [-0.05, 0) is 50.3 Å². The molecule has 0 atom stereocenters. The van der Waals surface area contributed by atoms with E-state index < -0.39 is 10.0 Å². The lowest BCUT2D eigenvalue weighted by Gasteiger charge is -2.39. The van der Waals surface area contributed by atoms with Crippen LogP contribution in [0.15, 0.2) is 59.5 Å². The minimum Gasteiger partial charge on any atom is -0.355 e. The molecule has 1 aliphatic carbocycles. The maximum absolute atomic E-state index is 13.0. The highest BCUT2D eigenvalue weighted by molar-refractivity contribution is 7.89. The van der Waals surface area contributed by atoms with E-state index in [0.717, 1.165) is 12.8 Å². The Morgan fingerprint density at radius 2 is 1.69 bits per heavy atom. The Labute approximate surface area is 192 Å². The predicted molar refractivity (Wildman–Crippen MR) is 127 cm³/mol. The first kappa shape index (κ1) is 23.0. The average Bonchev–Trinajstić information content (AvgIpc) is 2.84. The smallest absolute Gasteiger partial charge is 0.243 e. The highest BCUT2D eigenvalue weighted by Crippen LogP contribution is 2.39. The first-order valence-electron chi connectivity index (χ1n) is 11.8. The van der Waals surface area contributed by atoms with Crippen LogP contribution in [-0.4, -0.2) is 38.3 Å². The van der Waals surface area contributed by atoms with Crippen LogP contribution in [0.3, 0.4) is 0 Å². The molecule has 1 N–H and O–H groups in total. The van der Waals surface area contributed by atoms with Crippen LogP contribution in [-0.2, 0) is 20.2 Å². The van der Waals surface area contributed by atoms with Crippen molar-refractivity contribution in [1.82, 2.24) is 9.62 Å². The summed E-state index contributed by atoms with van der Waals surface area (Å²) < 4.78 is 27.2. The molecule has 1 aliphatic heterocycles. The zero-order chi connectivity index (χ0) is 22.6. The highest BCUT2D eigenvalue weighted by atomic mass is 32.2. The van der Waals surface area contributed by atoms with Gasteiger partial charge in [-0.1, -0.05) is 67.3 Å². The first-order chi connectivity index (χ1) is 15.4. The van der Waals surface area contributed by atoms with Crippen molar-refractivity contribution < 1.29 is 13.2 Å². The van der Waals surface area contributed by atoms with Gasteiger partial charge in [0.25, 0.3) is 0 Å². The van der Waals surface area contributed by atoms with Crippen molar-refractivity contribution in [1.29, 1.82) is 0 Å². The standard InChI is InChI=1S/C26H34N2O3S/c1-21-9-8-10-23(19-21)26(15-6-3-7-16-26)20-27-25(29)22-13-17-28(18-14-22)32(30,31)24-11-4-2-5-12-24/h2,4-5,8-12,19,22H,3,6-7,13-18,20H2,1H3,(H,27,29). The van der Waals surface area contributed by atoms with Crippen molar-refractivity contribution in [3.05, 3.63) is 65.7 Å². The summed E-state index contributed by atoms with van der Waals surface area (Å²) >= 11 is 0. The maximum atomic E-state index is 13.0. The van der Waals surface area contributed by atoms with E-state index >= 15 is 0 Å². The topological polar surface area (TPSA) is 66.5 Å². The summed E-state index contributed by atoms with van der Waals surface area (Å²) in [6.07, 6.45) is 6.98. The molecule has 5 nitrogen and oxygen atoms in total. The van der Waals surface area contributed by atoms with Gasteiger partial charge in [0.1, 0.15) is 0 Å². The fourth-order valence-electron chi connectivity index (χ4n) is 5.27. The highest BCUT2D eigenvalue weighted by Gasteiger charge is 2.36. The molecule has 32 heavy (non-hydrogen) atoms. The zero-order valence-electron chi connectivity index (χ0n) is 18.9. The number of piperidine rings is 1. The van der Waals surface area contributed by atoms with Crippen LogP contribution in [0.5, 0.6) is 0 Å². The van der Waals surface area contributed by atoms with Crippen LogP contribution < -0.4 is 5.32 Å². The minimum atomic E-state index is -3.49. The molecule has 0 radical (unpaired) electrons. The van der Waals surface area contributed by atoms with Gasteiger partial charge in [0.05, 0.1) is 4.90 Å². The summed E-state index contributed by atoms with van der Waals surface area (Å²) in [6, 6.07) is 17.3. The molecule has 1 amide bonds. The summed E-state index contributed by atoms with van der Waals surface area (Å²) in [4.78, 5) is 13.3. The van der Waals surface area contributed by atoms with Gasteiger partial charge in [-0.3, -0.25) is 4.79 Å². The number of rotatable bonds is 6. The molecular formula is C26H34N2O3S. The summed E-state index contributed by atoms with van der Waals surface area (Å²) in [5.41, 5.74) is 2.60. The Hall–Kier alpha value is -2.18. The van der Waals surface area contributed by atoms with Crippen molar-refractivity contribution >= 4 is 15.9 Å². The molecule has 6 heteroatoms. The Morgan fingerprint density at radius 3 is 2.34 bits per heavy atom. The van der Waals surface area contributed by atoms with Gasteiger partial charge in [0, 0.05) is 31.0 Å². The number of aryl methyl sites for hydroxylation is 1. The fourth-order valence-corrected chi connectivity index (χ4v) is 6.76. The van der Waals surface area contributed by atoms with Crippen LogP contribution >= 0.6 is 0 Å². The third-order valence-electron chi connectivity index (χ3n) is 7.25. The lowest BCUT2D eigenvalue weighted by molar-refractivity contribution is -0.126. The molecule has 0 aromatic heterocycles. The number of nitrogens with one attached hydrogen (secondary N) is 1. The molecule has 0 spiro atoms. The van der Waals surface area contributed by atoms with Gasteiger partial charge >= 0.3 is 0 Å². The molecule has 2 aromatic carbocycles. The summed E-state index contributed by atoms with van der Waals surface area (Å²) in [5.74, 6) is -0.0604. The molecule has 1 saturated carbocycles. The van der Waals surface area contributed by atoms with Crippen LogP contribution in [0, 0.1) is 12.8 Å². The maximum Gasteiger partial charge on any atom is 0.243 e. The molecular weight excluding hydrogens is 420 g/mol. The Balaban J connectivity index is 1.37. The molecule has 1 heterocycles. The van der Waals surface area contributed by atoms with Crippen molar-refractivity contribution in [2.45, 2.75) is 62.2 Å². The number of hydrogen-bond acceptors (Lipinski definition) is 3. The van der Waals surface area contributed by atoms with Gasteiger partial charge in [-0.25, -0.2) is 8.42 Å². The second-order valence-corrected chi connectivity index (χ2v) is 11.4. The molecule has 0 unspecified atom stereocenters. The number of amides is 1. The van der Waals surface area contributed by atoms with Crippen LogP contribution in [0.25, 0.3) is 0 Å². The Morgan fingerprint density at radius 1 is 1.00 bits per heavy atom. The largest absolute Gasteiger partial charge is 0.355 e. The predicted octanol–water partition coefficient (Wildman–Crippen LogP) is 4.41. The van der Waals surface area contributed by atoms with Gasteiger partial charge < -0.3 is 5.32 Å². The minimum absolute atomic E-state index is 0.0112. The molecule has 4 rings (SSSR count). The Kier molecular flexibility index (Phi) is 7.01. The monoisotopic (exact) mass is 454 g/mol. The average molecular weight is 455 g/mol. The van der Waals surface area contributed by atoms with Gasteiger partial charge in [-0.15, -0.1) is 0 Å². The second-order valence-electron chi connectivity index (χ2n) is 9.42. The number of sulfonamides is 1. The lowest BCUT2D eigenvalue weighted by Crippen LogP contribution is -2.47. The zero-order valence-corrected chi connectivity index (χ0v) is 19.7. The molecule has 2 aromatic rings. The SMILES string of the molecule is Cc1cccc(C2(CNC(=O)C3CCN(S(=O)(=O)c4ccccc4)CC3)CCCCC2)c1. The van der Waals surface area contributed by atoms with Crippen molar-refractivity contribution in [3.63, 3.8) is 0 Å². The van der Waals surface area contributed by atoms with E-state index in [1.54, 1.807) is 24.3 Å². The molecule has 172 valence electrons. The quantitative estimate of drug-likeness (QED) is 0.703. The Bertz CT molecular complexity index is 1020. The summed E-state index contributed by atoms with van der Waals surface area (Å²) in [5, 5.41) is 3.26. The molecule has 2 fully saturated rings. The molecule has 2 aliphatic rings. The van der Waals surface area contributed by atoms with Crippen LogP contribution in [0.2, 0.25) is 0 Å². The lowest BCUT2D eigenvalue weighted by atomic mass is 9.69. The van der Waals surface area contributed by atoms with Crippen LogP contribution in [0.4, 0.5) is 0 Å². The number of hydrogen-bond donors (Lipinski definition) is 1. The normalized spacial score (nSPS) is 20.0. The van der Waals surface area contributed by atoms with E-state index in [1.165, 1.54) is 34.7 Å². The van der Waals surface area contributed by atoms with Crippen LogP contribution in [0.1, 0.15) is 56.1 Å². The molecule has 0 bridgehead atoms. The van der Waals surface area contributed by atoms with Gasteiger partial charge in [0.2, 0.25) is 15.9 Å². The van der Waals surface area contributed by atoms with Crippen molar-refractivity contribution in [2.24, 2.45) is 5.92 Å². The number of nitrogens with zero attached hydrogens (tertiary/aromatic N) is 1. The van der Waals surface area contributed by atoms with E-state index in [9.17, 15) is 13.2 Å². The van der Waals surface area contributed by atoms with E-state index in [-0.39, 0.29) is 17.2 Å². The number of carbonyl (C=O) groups excluding carboxylic acids is 1. The van der Waals surface area contributed by atoms with E-state index in [2.05, 4.69) is 36.5 Å². The van der Waals surface area contributed by atoms with Gasteiger partial charge in [-0.2, -0.15) is 4.31 Å². The number of benzene rings is 2. The third-order valence-corrected chi connectivity index (χ3v) is 9.16. The van der Waals surface area contributed by atoms with Crippen molar-refractivity contribution in [3.8, 4) is 0 Å². The third kappa shape index (κ3) is 4.91. The number of carbonyl (C=O) groups is 1.